The number of nitrogens with zero attached hydrogens (tertiary/aromatic N) is 6. The van der Waals surface area contributed by atoms with Gasteiger partial charge in [0, 0.05) is 34.7 Å². The number of esters is 1. The molecule has 2 heterocycles. The Morgan fingerprint density at radius 2 is 2.28 bits per heavy atom. The molecule has 0 unspecified atom stereocenters. The fourth-order valence-electron chi connectivity index (χ4n) is 2.46. The summed E-state index contributed by atoms with van der Waals surface area (Å²) in [7, 11) is 0. The van der Waals surface area contributed by atoms with Crippen LogP contribution in [0.15, 0.2) is 20.9 Å². The van der Waals surface area contributed by atoms with Crippen LogP contribution in [-0.4, -0.2) is 39.0 Å². The van der Waals surface area contributed by atoms with Crippen molar-refractivity contribution in [1.82, 2.24) is 9.24 Å². The van der Waals surface area contributed by atoms with Crippen LogP contribution >= 0.6 is 0 Å². The van der Waals surface area contributed by atoms with E-state index in [1.165, 1.54) is 13.8 Å². The zero-order valence-corrected chi connectivity index (χ0v) is 13.3. The molecule has 0 N–H and O–H groups in total. The second kappa shape index (κ2) is 7.15. The van der Waals surface area contributed by atoms with E-state index < -0.39 is 40.6 Å². The zero-order valence-electron chi connectivity index (χ0n) is 13.3. The Balaban J connectivity index is 2.41. The van der Waals surface area contributed by atoms with E-state index in [1.54, 1.807) is 0 Å². The molecule has 0 spiro atoms. The highest BCUT2D eigenvalue weighted by Gasteiger charge is 2.38. The van der Waals surface area contributed by atoms with Crippen molar-refractivity contribution < 1.29 is 19.3 Å². The van der Waals surface area contributed by atoms with E-state index in [0.29, 0.717) is 0 Å². The van der Waals surface area contributed by atoms with Crippen molar-refractivity contribution >= 4 is 5.97 Å². The molecule has 1 fully saturated rings. The largest absolute Gasteiger partial charge is 0.463 e. The summed E-state index contributed by atoms with van der Waals surface area (Å²) in [5.74, 6) is -0.568. The molecule has 0 saturated carbocycles. The summed E-state index contributed by atoms with van der Waals surface area (Å²) in [6, 6.07) is -0.752. The lowest BCUT2D eigenvalue weighted by Gasteiger charge is -2.16. The van der Waals surface area contributed by atoms with Crippen LogP contribution in [0.5, 0.6) is 0 Å². The molecule has 0 radical (unpaired) electrons. The van der Waals surface area contributed by atoms with E-state index in [2.05, 4.69) is 10.0 Å². The fourth-order valence-corrected chi connectivity index (χ4v) is 2.46. The Hall–Kier alpha value is -3.18. The molecule has 1 aliphatic heterocycles. The van der Waals surface area contributed by atoms with Crippen molar-refractivity contribution in [2.45, 2.75) is 38.6 Å². The van der Waals surface area contributed by atoms with E-state index in [4.69, 9.17) is 15.0 Å². The molecule has 13 heteroatoms. The monoisotopic (exact) mass is 354 g/mol. The first-order valence-electron chi connectivity index (χ1n) is 7.08. The number of aryl methyl sites for hydroxylation is 1. The number of hydrogen-bond donors (Lipinski definition) is 0. The van der Waals surface area contributed by atoms with Crippen molar-refractivity contribution in [2.75, 3.05) is 6.61 Å². The molecule has 25 heavy (non-hydrogen) atoms. The fraction of sp³-hybridized carbons (Fsp3) is 0.583. The van der Waals surface area contributed by atoms with Crippen molar-refractivity contribution in [2.24, 2.45) is 5.11 Å². The number of aromatic nitrogens is 2. The summed E-state index contributed by atoms with van der Waals surface area (Å²) < 4.78 is 11.1. The van der Waals surface area contributed by atoms with E-state index in [-0.39, 0.29) is 23.3 Å². The predicted octanol–water partition coefficient (Wildman–Crippen LogP) is -0.112. The first-order chi connectivity index (χ1) is 11.8. The third-order valence-electron chi connectivity index (χ3n) is 3.59. The Morgan fingerprint density at radius 1 is 1.60 bits per heavy atom. The van der Waals surface area contributed by atoms with E-state index in [0.717, 1.165) is 10.8 Å². The van der Waals surface area contributed by atoms with Gasteiger partial charge >= 0.3 is 17.2 Å². The number of azide groups is 1. The molecule has 0 aromatic carbocycles. The van der Waals surface area contributed by atoms with Crippen LogP contribution in [0.25, 0.3) is 10.4 Å². The summed E-state index contributed by atoms with van der Waals surface area (Å²) in [5, 5.41) is 13.4. The Morgan fingerprint density at radius 3 is 2.84 bits per heavy atom. The third-order valence-corrected chi connectivity index (χ3v) is 3.59. The molecule has 1 saturated heterocycles. The minimum absolute atomic E-state index is 0.0191. The normalized spacial score (nSPS) is 22.2. The lowest BCUT2D eigenvalue weighted by molar-refractivity contribution is -0.549. The summed E-state index contributed by atoms with van der Waals surface area (Å²) >= 11 is 0. The molecule has 0 amide bonds. The molecule has 1 aromatic heterocycles. The number of carbonyl (C=O) groups excluding carboxylic acids is 1. The maximum Gasteiger partial charge on any atom is 0.394 e. The molecule has 1 aliphatic rings. The van der Waals surface area contributed by atoms with Gasteiger partial charge in [0.25, 0.3) is 0 Å². The predicted molar refractivity (Wildman–Crippen MR) is 80.2 cm³/mol. The summed E-state index contributed by atoms with van der Waals surface area (Å²) in [5.41, 5.74) is 6.34. The van der Waals surface area contributed by atoms with Gasteiger partial charge in [-0.3, -0.25) is 14.2 Å². The minimum Gasteiger partial charge on any atom is -0.463 e. The van der Waals surface area contributed by atoms with Gasteiger partial charge in [0.1, 0.15) is 18.9 Å². The van der Waals surface area contributed by atoms with Gasteiger partial charge in [-0.1, -0.05) is 5.11 Å². The van der Waals surface area contributed by atoms with Crippen molar-refractivity contribution in [1.29, 1.82) is 0 Å². The Labute approximate surface area is 139 Å². The molecule has 1 aromatic rings. The zero-order chi connectivity index (χ0) is 18.7. The maximum absolute atomic E-state index is 12.2. The smallest absolute Gasteiger partial charge is 0.394 e. The quantitative estimate of drug-likeness (QED) is 0.177. The number of ether oxygens (including phenoxy) is 2. The Bertz CT molecular complexity index is 868. The molecule has 134 valence electrons. The molecule has 0 bridgehead atoms. The molecular formula is C12H14N6O7. The standard InChI is InChI=1S/C12H14N6O7/c1-6-4-16(12(21)17(11(6)20)18(22)23)10-3-8(14-15-13)9(25-10)5-24-7(2)19/h4,8-10H,3,5H2,1-2H3/t8-,9+,10+/m0/s1. The number of nitro groups is 1. The van der Waals surface area contributed by atoms with E-state index >= 15 is 0 Å². The van der Waals surface area contributed by atoms with Crippen LogP contribution in [0.3, 0.4) is 0 Å². The summed E-state index contributed by atoms with van der Waals surface area (Å²) in [6.45, 7) is 2.29. The first kappa shape index (κ1) is 18.2. The molecule has 2 rings (SSSR count). The van der Waals surface area contributed by atoms with Crippen molar-refractivity contribution in [3.8, 4) is 0 Å². The van der Waals surface area contributed by atoms with Gasteiger partial charge in [-0.15, -0.1) is 0 Å². The highest BCUT2D eigenvalue weighted by Crippen LogP contribution is 2.30. The van der Waals surface area contributed by atoms with Gasteiger partial charge < -0.3 is 9.47 Å². The lowest BCUT2D eigenvalue weighted by atomic mass is 10.1. The van der Waals surface area contributed by atoms with E-state index in [9.17, 15) is 24.5 Å². The molecule has 3 atom stereocenters. The average molecular weight is 354 g/mol. The number of rotatable bonds is 5. The van der Waals surface area contributed by atoms with E-state index in [1.807, 2.05) is 0 Å². The van der Waals surface area contributed by atoms with Crippen molar-refractivity contribution in [3.05, 3.63) is 53.2 Å². The Kier molecular flexibility index (Phi) is 5.20. The maximum atomic E-state index is 12.2. The molecule has 0 aliphatic carbocycles. The number of carbonyl (C=O) groups is 1. The lowest BCUT2D eigenvalue weighted by Crippen LogP contribution is -2.45. The number of hydrogen-bond acceptors (Lipinski definition) is 8. The highest BCUT2D eigenvalue weighted by atomic mass is 16.7. The average Bonchev–Trinajstić information content (AvgIpc) is 2.92. The van der Waals surface area contributed by atoms with Gasteiger partial charge in [0.15, 0.2) is 5.03 Å². The SMILES string of the molecule is CC(=O)OC[C@H]1O[C@@H](n2cc(C)c(=O)n([N+](=O)[O-])c2=O)C[C@@H]1N=[N+]=[N-]. The van der Waals surface area contributed by atoms with Gasteiger partial charge in [-0.2, -0.15) is 0 Å². The minimum atomic E-state index is -1.20. The first-order valence-corrected chi connectivity index (χ1v) is 7.08. The van der Waals surface area contributed by atoms with Gasteiger partial charge in [-0.05, 0) is 12.5 Å². The summed E-state index contributed by atoms with van der Waals surface area (Å²) in [4.78, 5) is 48.5. The van der Waals surface area contributed by atoms with Gasteiger partial charge in [0.2, 0.25) is 0 Å². The second-order valence-electron chi connectivity index (χ2n) is 5.30. The van der Waals surface area contributed by atoms with Crippen LogP contribution in [0.4, 0.5) is 0 Å². The van der Waals surface area contributed by atoms with Crippen molar-refractivity contribution in [3.63, 3.8) is 0 Å². The topological polar surface area (TPSA) is 171 Å². The second-order valence-corrected chi connectivity index (χ2v) is 5.30. The van der Waals surface area contributed by atoms with Crippen LogP contribution in [0.2, 0.25) is 0 Å². The molecular weight excluding hydrogens is 340 g/mol. The highest BCUT2D eigenvalue weighted by molar-refractivity contribution is 5.65. The summed E-state index contributed by atoms with van der Waals surface area (Å²) in [6.07, 6.45) is -0.691. The van der Waals surface area contributed by atoms with Crippen LogP contribution in [0.1, 0.15) is 25.1 Å². The van der Waals surface area contributed by atoms with Crippen LogP contribution < -0.4 is 11.2 Å². The van der Waals surface area contributed by atoms with Gasteiger partial charge in [0.05, 0.1) is 6.04 Å². The van der Waals surface area contributed by atoms with Crippen LogP contribution in [0, 0.1) is 17.0 Å². The third kappa shape index (κ3) is 3.67. The molecule has 13 nitrogen and oxygen atoms in total. The van der Waals surface area contributed by atoms with Gasteiger partial charge in [-0.25, -0.2) is 14.9 Å². The van der Waals surface area contributed by atoms with Crippen LogP contribution in [-0.2, 0) is 14.3 Å².